The number of ether oxygens (including phenoxy) is 1. The first-order chi connectivity index (χ1) is 10.2. The van der Waals surface area contributed by atoms with Crippen molar-refractivity contribution in [1.29, 1.82) is 0 Å². The van der Waals surface area contributed by atoms with Crippen LogP contribution in [0.25, 0.3) is 0 Å². The summed E-state index contributed by atoms with van der Waals surface area (Å²) >= 11 is 0. The van der Waals surface area contributed by atoms with Crippen LogP contribution in [0, 0.1) is 0 Å². The summed E-state index contributed by atoms with van der Waals surface area (Å²) in [4.78, 5) is 0. The lowest BCUT2D eigenvalue weighted by Gasteiger charge is -2.45. The van der Waals surface area contributed by atoms with Crippen LogP contribution in [0.3, 0.4) is 0 Å². The first kappa shape index (κ1) is 15.1. The number of hydrogen-bond acceptors (Lipinski definition) is 2. The van der Waals surface area contributed by atoms with Crippen molar-refractivity contribution in [2.24, 2.45) is 0 Å². The average Bonchev–Trinajstić information content (AvgIpc) is 2.76. The molecule has 1 aromatic rings. The van der Waals surface area contributed by atoms with Gasteiger partial charge in [0, 0.05) is 12.6 Å². The number of benzene rings is 1. The molecule has 0 radical (unpaired) electrons. The highest BCUT2D eigenvalue weighted by Gasteiger charge is 2.40. The van der Waals surface area contributed by atoms with Gasteiger partial charge in [-0.25, -0.2) is 0 Å². The monoisotopic (exact) mass is 287 g/mol. The molecule has 2 unspecified atom stereocenters. The number of morpholine rings is 1. The second-order valence-corrected chi connectivity index (χ2v) is 6.90. The average molecular weight is 287 g/mol. The van der Waals surface area contributed by atoms with Crippen molar-refractivity contribution in [3.63, 3.8) is 0 Å². The Kier molecular flexibility index (Phi) is 4.66. The van der Waals surface area contributed by atoms with E-state index >= 15 is 0 Å². The third-order valence-corrected chi connectivity index (χ3v) is 5.31. The molecular formula is C19H29NO. The van der Waals surface area contributed by atoms with E-state index in [2.05, 4.69) is 43.4 Å². The quantitative estimate of drug-likeness (QED) is 0.871. The number of rotatable bonds is 2. The van der Waals surface area contributed by atoms with E-state index < -0.39 is 0 Å². The Labute approximate surface area is 129 Å². The maximum absolute atomic E-state index is 6.70. The minimum atomic E-state index is 0.0805. The zero-order valence-electron chi connectivity index (χ0n) is 13.5. The lowest BCUT2D eigenvalue weighted by Crippen LogP contribution is -2.54. The van der Waals surface area contributed by atoms with Crippen molar-refractivity contribution in [3.05, 3.63) is 35.4 Å². The molecule has 1 saturated heterocycles. The summed E-state index contributed by atoms with van der Waals surface area (Å²) in [6, 6.07) is 9.42. The van der Waals surface area contributed by atoms with E-state index in [1.807, 2.05) is 0 Å². The van der Waals surface area contributed by atoms with Gasteiger partial charge in [0.2, 0.25) is 0 Å². The maximum Gasteiger partial charge on any atom is 0.0983 e. The molecule has 1 aliphatic heterocycles. The molecule has 0 amide bonds. The van der Waals surface area contributed by atoms with Gasteiger partial charge >= 0.3 is 0 Å². The molecule has 0 aromatic heterocycles. The molecule has 1 heterocycles. The predicted octanol–water partition coefficient (Wildman–Crippen LogP) is 4.39. The van der Waals surface area contributed by atoms with Crippen LogP contribution in [0.1, 0.15) is 69.6 Å². The molecule has 2 atom stereocenters. The Balaban J connectivity index is 1.78. The van der Waals surface area contributed by atoms with E-state index in [0.717, 1.165) is 13.0 Å². The molecule has 2 heteroatoms. The van der Waals surface area contributed by atoms with Crippen LogP contribution in [0.4, 0.5) is 0 Å². The van der Waals surface area contributed by atoms with Crippen LogP contribution >= 0.6 is 0 Å². The fourth-order valence-electron chi connectivity index (χ4n) is 3.83. The summed E-state index contributed by atoms with van der Waals surface area (Å²) in [5.41, 5.74) is 2.81. The smallest absolute Gasteiger partial charge is 0.0983 e. The molecule has 0 bridgehead atoms. The first-order valence-corrected chi connectivity index (χ1v) is 8.72. The Morgan fingerprint density at radius 1 is 1.10 bits per heavy atom. The standard InChI is InChI=1S/C19H29NO/c1-3-16-8-10-17(11-9-16)18-15(2)20-14-19(21-18)12-6-4-5-7-13-19/h8-11,15,18,20H,3-7,12-14H2,1-2H3. The van der Waals surface area contributed by atoms with Gasteiger partial charge in [-0.2, -0.15) is 0 Å². The molecule has 3 rings (SSSR count). The van der Waals surface area contributed by atoms with E-state index in [-0.39, 0.29) is 11.7 Å². The van der Waals surface area contributed by atoms with Crippen LogP contribution in [-0.2, 0) is 11.2 Å². The molecule has 2 fully saturated rings. The third kappa shape index (κ3) is 3.32. The predicted molar refractivity (Wildman–Crippen MR) is 87.5 cm³/mol. The van der Waals surface area contributed by atoms with Gasteiger partial charge in [0.25, 0.3) is 0 Å². The van der Waals surface area contributed by atoms with E-state index in [4.69, 9.17) is 4.74 Å². The fourth-order valence-corrected chi connectivity index (χ4v) is 3.83. The van der Waals surface area contributed by atoms with Crippen LogP contribution < -0.4 is 5.32 Å². The van der Waals surface area contributed by atoms with Crippen LogP contribution in [0.15, 0.2) is 24.3 Å². The van der Waals surface area contributed by atoms with Crippen molar-refractivity contribution < 1.29 is 4.74 Å². The van der Waals surface area contributed by atoms with Crippen LogP contribution in [-0.4, -0.2) is 18.2 Å². The van der Waals surface area contributed by atoms with Crippen molar-refractivity contribution in [2.75, 3.05) is 6.54 Å². The lowest BCUT2D eigenvalue weighted by atomic mass is 9.89. The zero-order chi connectivity index (χ0) is 14.7. The summed E-state index contributed by atoms with van der Waals surface area (Å²) < 4.78 is 6.70. The zero-order valence-corrected chi connectivity index (χ0v) is 13.5. The summed E-state index contributed by atoms with van der Waals surface area (Å²) in [5.74, 6) is 0. The molecule has 2 nitrogen and oxygen atoms in total. The van der Waals surface area contributed by atoms with Crippen molar-refractivity contribution in [2.45, 2.75) is 76.5 Å². The summed E-state index contributed by atoms with van der Waals surface area (Å²) in [6.07, 6.45) is 9.11. The molecule has 1 aliphatic carbocycles. The molecule has 1 aromatic carbocycles. The maximum atomic E-state index is 6.70. The Morgan fingerprint density at radius 2 is 1.76 bits per heavy atom. The van der Waals surface area contributed by atoms with Crippen molar-refractivity contribution in [1.82, 2.24) is 5.32 Å². The fraction of sp³-hybridized carbons (Fsp3) is 0.684. The minimum absolute atomic E-state index is 0.0805. The van der Waals surface area contributed by atoms with E-state index in [9.17, 15) is 0 Å². The number of nitrogens with one attached hydrogen (secondary N) is 1. The highest BCUT2D eigenvalue weighted by atomic mass is 16.5. The molecule has 2 aliphatic rings. The van der Waals surface area contributed by atoms with Crippen LogP contribution in [0.5, 0.6) is 0 Å². The normalized spacial score (nSPS) is 29.2. The molecular weight excluding hydrogens is 258 g/mol. The van der Waals surface area contributed by atoms with Gasteiger partial charge in [-0.3, -0.25) is 0 Å². The highest BCUT2D eigenvalue weighted by Crippen LogP contribution is 2.39. The van der Waals surface area contributed by atoms with E-state index in [1.165, 1.54) is 49.7 Å². The van der Waals surface area contributed by atoms with E-state index in [0.29, 0.717) is 6.04 Å². The third-order valence-electron chi connectivity index (χ3n) is 5.31. The molecule has 1 saturated carbocycles. The minimum Gasteiger partial charge on any atom is -0.364 e. The Morgan fingerprint density at radius 3 is 2.38 bits per heavy atom. The van der Waals surface area contributed by atoms with Crippen molar-refractivity contribution >= 4 is 0 Å². The van der Waals surface area contributed by atoms with Gasteiger partial charge in [-0.1, -0.05) is 56.9 Å². The summed E-state index contributed by atoms with van der Waals surface area (Å²) in [7, 11) is 0. The topological polar surface area (TPSA) is 21.3 Å². The van der Waals surface area contributed by atoms with E-state index in [1.54, 1.807) is 0 Å². The Hall–Kier alpha value is -0.860. The highest BCUT2D eigenvalue weighted by molar-refractivity contribution is 5.26. The van der Waals surface area contributed by atoms with Gasteiger partial charge in [0.15, 0.2) is 0 Å². The largest absolute Gasteiger partial charge is 0.364 e. The van der Waals surface area contributed by atoms with Gasteiger partial charge in [0.05, 0.1) is 11.7 Å². The molecule has 1 N–H and O–H groups in total. The summed E-state index contributed by atoms with van der Waals surface area (Å²) in [6.45, 7) is 5.48. The van der Waals surface area contributed by atoms with Gasteiger partial charge < -0.3 is 10.1 Å². The molecule has 1 spiro atoms. The van der Waals surface area contributed by atoms with Gasteiger partial charge in [-0.15, -0.1) is 0 Å². The number of hydrogen-bond donors (Lipinski definition) is 1. The SMILES string of the molecule is CCc1ccc(C2OC3(CCCCCC3)CNC2C)cc1. The molecule has 21 heavy (non-hydrogen) atoms. The Bertz CT molecular complexity index is 445. The molecule has 116 valence electrons. The number of aryl methyl sites for hydroxylation is 1. The summed E-state index contributed by atoms with van der Waals surface area (Å²) in [5, 5.41) is 3.72. The van der Waals surface area contributed by atoms with Crippen LogP contribution in [0.2, 0.25) is 0 Å². The second kappa shape index (κ2) is 6.50. The first-order valence-electron chi connectivity index (χ1n) is 8.72. The van der Waals surface area contributed by atoms with Gasteiger partial charge in [0.1, 0.15) is 0 Å². The van der Waals surface area contributed by atoms with Crippen molar-refractivity contribution in [3.8, 4) is 0 Å². The van der Waals surface area contributed by atoms with Gasteiger partial charge in [-0.05, 0) is 37.3 Å². The second-order valence-electron chi connectivity index (χ2n) is 6.90. The lowest BCUT2D eigenvalue weighted by molar-refractivity contribution is -0.142.